The average molecular weight is 333 g/mol. The lowest BCUT2D eigenvalue weighted by Crippen LogP contribution is -2.37. The molecular formula is C13H14F3N3O2S. The highest BCUT2D eigenvalue weighted by Gasteiger charge is 2.36. The van der Waals surface area contributed by atoms with Crippen LogP contribution in [-0.2, 0) is 0 Å². The number of urea groups is 1. The lowest BCUT2D eigenvalue weighted by atomic mass is 10.1. The van der Waals surface area contributed by atoms with Crippen LogP contribution < -0.4 is 15.4 Å². The zero-order valence-electron chi connectivity index (χ0n) is 11.8. The molecule has 1 fully saturated rings. The number of amides is 2. The van der Waals surface area contributed by atoms with Gasteiger partial charge in [0.05, 0.1) is 17.8 Å². The van der Waals surface area contributed by atoms with E-state index in [0.29, 0.717) is 6.54 Å². The van der Waals surface area contributed by atoms with E-state index >= 15 is 0 Å². The fourth-order valence-corrected chi connectivity index (χ4v) is 2.42. The molecule has 5 nitrogen and oxygen atoms in total. The molecule has 0 bridgehead atoms. The molecule has 2 amide bonds. The second-order valence-electron chi connectivity index (χ2n) is 5.37. The Labute approximate surface area is 130 Å². The van der Waals surface area contributed by atoms with Gasteiger partial charge >= 0.3 is 12.4 Å². The molecule has 1 aliphatic rings. The average Bonchev–Trinajstić information content (AvgIpc) is 2.63. The molecule has 22 heavy (non-hydrogen) atoms. The first-order valence-corrected chi connectivity index (χ1v) is 6.74. The maximum absolute atomic E-state index is 12.3. The number of para-hydroxylation sites is 2. The molecular weight excluding hydrogens is 319 g/mol. The van der Waals surface area contributed by atoms with E-state index in [1.54, 1.807) is 0 Å². The van der Waals surface area contributed by atoms with Crippen LogP contribution >= 0.6 is 12.2 Å². The first-order valence-electron chi connectivity index (χ1n) is 6.33. The van der Waals surface area contributed by atoms with Crippen LogP contribution in [-0.4, -0.2) is 34.5 Å². The summed E-state index contributed by atoms with van der Waals surface area (Å²) in [5.41, 5.74) is -0.478. The van der Waals surface area contributed by atoms with Crippen LogP contribution in [0.25, 0.3) is 0 Å². The highest BCUT2D eigenvalue weighted by molar-refractivity contribution is 7.80. The molecule has 1 heterocycles. The zero-order valence-corrected chi connectivity index (χ0v) is 12.6. The molecule has 0 saturated carbocycles. The predicted octanol–water partition coefficient (Wildman–Crippen LogP) is 3.09. The summed E-state index contributed by atoms with van der Waals surface area (Å²) in [5.74, 6) is -0.485. The molecule has 1 saturated heterocycles. The van der Waals surface area contributed by atoms with Crippen molar-refractivity contribution in [2.24, 2.45) is 0 Å². The van der Waals surface area contributed by atoms with Crippen LogP contribution in [0.2, 0.25) is 0 Å². The normalized spacial score (nSPS) is 17.1. The van der Waals surface area contributed by atoms with Gasteiger partial charge in [-0.15, -0.1) is 13.2 Å². The monoisotopic (exact) mass is 333 g/mol. The van der Waals surface area contributed by atoms with Gasteiger partial charge in [0.25, 0.3) is 0 Å². The quantitative estimate of drug-likeness (QED) is 0.817. The Bertz CT molecular complexity index is 604. The minimum Gasteiger partial charge on any atom is -0.404 e. The zero-order chi connectivity index (χ0) is 16.5. The van der Waals surface area contributed by atoms with Crippen molar-refractivity contribution in [3.8, 4) is 5.75 Å². The molecule has 1 aliphatic heterocycles. The first kappa shape index (κ1) is 16.3. The molecule has 9 heteroatoms. The largest absolute Gasteiger partial charge is 0.573 e. The molecule has 0 radical (unpaired) electrons. The van der Waals surface area contributed by atoms with Crippen LogP contribution in [0, 0.1) is 0 Å². The number of carbonyl (C=O) groups excluding carboxylic acids is 1. The van der Waals surface area contributed by atoms with Gasteiger partial charge in [0.15, 0.2) is 10.9 Å². The van der Waals surface area contributed by atoms with E-state index in [2.05, 4.69) is 15.4 Å². The molecule has 0 spiro atoms. The minimum atomic E-state index is -4.84. The summed E-state index contributed by atoms with van der Waals surface area (Å²) in [5, 5.41) is 5.54. The summed E-state index contributed by atoms with van der Waals surface area (Å²) in [6.07, 6.45) is -4.84. The number of carbonyl (C=O) groups is 1. The number of nitrogens with zero attached hydrogens (tertiary/aromatic N) is 1. The van der Waals surface area contributed by atoms with E-state index in [1.165, 1.54) is 23.1 Å². The lowest BCUT2D eigenvalue weighted by molar-refractivity contribution is -0.274. The third-order valence-electron chi connectivity index (χ3n) is 2.84. The summed E-state index contributed by atoms with van der Waals surface area (Å²) in [6, 6.07) is 4.68. The van der Waals surface area contributed by atoms with Crippen LogP contribution in [0.3, 0.4) is 0 Å². The highest BCUT2D eigenvalue weighted by atomic mass is 32.1. The molecule has 2 rings (SSSR count). The van der Waals surface area contributed by atoms with E-state index in [9.17, 15) is 18.0 Å². The molecule has 120 valence electrons. The van der Waals surface area contributed by atoms with Gasteiger partial charge in [-0.2, -0.15) is 0 Å². The third kappa shape index (κ3) is 4.00. The first-order chi connectivity index (χ1) is 10.1. The molecule has 0 aliphatic carbocycles. The smallest absolute Gasteiger partial charge is 0.404 e. The van der Waals surface area contributed by atoms with Crippen molar-refractivity contribution in [3.63, 3.8) is 0 Å². The van der Waals surface area contributed by atoms with Gasteiger partial charge < -0.3 is 15.4 Å². The number of nitrogens with one attached hydrogen (secondary N) is 2. The third-order valence-corrected chi connectivity index (χ3v) is 3.17. The van der Waals surface area contributed by atoms with E-state index < -0.39 is 23.7 Å². The van der Waals surface area contributed by atoms with Gasteiger partial charge in [-0.05, 0) is 38.2 Å². The molecule has 1 aromatic rings. The highest BCUT2D eigenvalue weighted by Crippen LogP contribution is 2.30. The summed E-state index contributed by atoms with van der Waals surface area (Å²) in [7, 11) is 0. The Morgan fingerprint density at radius 2 is 2.05 bits per heavy atom. The predicted molar refractivity (Wildman–Crippen MR) is 78.7 cm³/mol. The number of halogens is 3. The Balaban J connectivity index is 2.14. The fourth-order valence-electron chi connectivity index (χ4n) is 1.99. The van der Waals surface area contributed by atoms with Gasteiger partial charge in [-0.3, -0.25) is 4.90 Å². The van der Waals surface area contributed by atoms with Crippen LogP contribution in [0.15, 0.2) is 24.3 Å². The van der Waals surface area contributed by atoms with Crippen molar-refractivity contribution < 1.29 is 22.7 Å². The SMILES string of the molecule is CC1(C)CN(C(=O)Nc2ccccc2OC(F)(F)F)C(=S)N1. The summed E-state index contributed by atoms with van der Waals surface area (Å²) in [4.78, 5) is 13.4. The summed E-state index contributed by atoms with van der Waals surface area (Å²) in [6.45, 7) is 4.01. The Kier molecular flexibility index (Phi) is 4.19. The number of benzene rings is 1. The van der Waals surface area contributed by atoms with Crippen LogP contribution in [0.1, 0.15) is 13.8 Å². The van der Waals surface area contributed by atoms with E-state index in [0.717, 1.165) is 6.07 Å². The standard InChI is InChI=1S/C13H14F3N3O2S/c1-12(2)7-19(11(22)18-12)10(20)17-8-5-3-4-6-9(8)21-13(14,15)16/h3-6H,7H2,1-2H3,(H,17,20)(H,18,22). The van der Waals surface area contributed by atoms with E-state index in [1.807, 2.05) is 13.8 Å². The van der Waals surface area contributed by atoms with Crippen molar-refractivity contribution in [3.05, 3.63) is 24.3 Å². The van der Waals surface area contributed by atoms with Crippen molar-refractivity contribution in [1.82, 2.24) is 10.2 Å². The van der Waals surface area contributed by atoms with Crippen molar-refractivity contribution in [2.75, 3.05) is 11.9 Å². The number of hydrogen-bond acceptors (Lipinski definition) is 3. The van der Waals surface area contributed by atoms with Gasteiger partial charge in [0.2, 0.25) is 0 Å². The van der Waals surface area contributed by atoms with E-state index in [4.69, 9.17) is 12.2 Å². The van der Waals surface area contributed by atoms with Gasteiger partial charge in [-0.25, -0.2) is 4.79 Å². The lowest BCUT2D eigenvalue weighted by Gasteiger charge is -2.19. The Morgan fingerprint density at radius 1 is 1.41 bits per heavy atom. The number of rotatable bonds is 2. The minimum absolute atomic E-state index is 0.0858. The molecule has 0 aromatic heterocycles. The van der Waals surface area contributed by atoms with Gasteiger partial charge in [0.1, 0.15) is 0 Å². The Morgan fingerprint density at radius 3 is 2.59 bits per heavy atom. The number of ether oxygens (including phenoxy) is 1. The Hall–Kier alpha value is -2.03. The number of hydrogen-bond donors (Lipinski definition) is 2. The van der Waals surface area contributed by atoms with Gasteiger partial charge in [-0.1, -0.05) is 12.1 Å². The van der Waals surface area contributed by atoms with E-state index in [-0.39, 0.29) is 10.8 Å². The van der Waals surface area contributed by atoms with Gasteiger partial charge in [0, 0.05) is 0 Å². The second-order valence-corrected chi connectivity index (χ2v) is 5.76. The number of alkyl halides is 3. The maximum atomic E-state index is 12.3. The molecule has 1 aromatic carbocycles. The molecule has 0 atom stereocenters. The van der Waals surface area contributed by atoms with Crippen LogP contribution in [0.4, 0.5) is 23.7 Å². The van der Waals surface area contributed by atoms with Crippen molar-refractivity contribution in [2.45, 2.75) is 25.7 Å². The molecule has 2 N–H and O–H groups in total. The van der Waals surface area contributed by atoms with Crippen molar-refractivity contribution in [1.29, 1.82) is 0 Å². The summed E-state index contributed by atoms with van der Waals surface area (Å²) >= 11 is 5.05. The molecule has 0 unspecified atom stereocenters. The maximum Gasteiger partial charge on any atom is 0.573 e. The fraction of sp³-hybridized carbons (Fsp3) is 0.385. The van der Waals surface area contributed by atoms with Crippen LogP contribution in [0.5, 0.6) is 5.75 Å². The topological polar surface area (TPSA) is 53.6 Å². The van der Waals surface area contributed by atoms with Crippen molar-refractivity contribution >= 4 is 29.0 Å². The number of thiocarbonyl (C=S) groups is 1. The summed E-state index contributed by atoms with van der Waals surface area (Å²) < 4.78 is 40.9. The second kappa shape index (κ2) is 5.64. The number of anilines is 1.